The SMILES string of the molecule is O=C(O)c1nc(Oc2ccc([N+](=O)[O-])c(Cl)c2)ccc1Cl. The number of halogens is 2. The highest BCUT2D eigenvalue weighted by molar-refractivity contribution is 6.33. The second-order valence-electron chi connectivity index (χ2n) is 3.76. The van der Waals surface area contributed by atoms with Crippen LogP contribution in [0.25, 0.3) is 0 Å². The minimum absolute atomic E-state index is 0.0262. The number of nitro benzene ring substituents is 1. The van der Waals surface area contributed by atoms with Gasteiger partial charge in [-0.1, -0.05) is 23.2 Å². The Hall–Kier alpha value is -2.38. The summed E-state index contributed by atoms with van der Waals surface area (Å²) in [6, 6.07) is 6.41. The molecule has 21 heavy (non-hydrogen) atoms. The summed E-state index contributed by atoms with van der Waals surface area (Å²) in [7, 11) is 0. The molecule has 0 amide bonds. The third kappa shape index (κ3) is 3.39. The van der Waals surface area contributed by atoms with Crippen LogP contribution in [0, 0.1) is 10.1 Å². The molecule has 0 saturated heterocycles. The highest BCUT2D eigenvalue weighted by Crippen LogP contribution is 2.31. The highest BCUT2D eigenvalue weighted by Gasteiger charge is 2.15. The van der Waals surface area contributed by atoms with Crippen molar-refractivity contribution >= 4 is 34.9 Å². The molecule has 0 atom stereocenters. The van der Waals surface area contributed by atoms with Crippen LogP contribution in [0.2, 0.25) is 10.0 Å². The number of hydrogen-bond acceptors (Lipinski definition) is 5. The van der Waals surface area contributed by atoms with E-state index in [-0.39, 0.29) is 33.1 Å². The minimum Gasteiger partial charge on any atom is -0.476 e. The fourth-order valence-electron chi connectivity index (χ4n) is 1.45. The molecule has 0 fully saturated rings. The van der Waals surface area contributed by atoms with Crippen LogP contribution >= 0.6 is 23.2 Å². The second-order valence-corrected chi connectivity index (χ2v) is 4.57. The molecule has 0 unspecified atom stereocenters. The van der Waals surface area contributed by atoms with Gasteiger partial charge in [-0.15, -0.1) is 0 Å². The van der Waals surface area contributed by atoms with Crippen molar-refractivity contribution in [1.82, 2.24) is 4.98 Å². The summed E-state index contributed by atoms with van der Waals surface area (Å²) in [5, 5.41) is 19.4. The van der Waals surface area contributed by atoms with E-state index in [2.05, 4.69) is 4.98 Å². The number of benzene rings is 1. The van der Waals surface area contributed by atoms with Gasteiger partial charge in [0.2, 0.25) is 5.88 Å². The summed E-state index contributed by atoms with van der Waals surface area (Å²) >= 11 is 11.4. The van der Waals surface area contributed by atoms with E-state index in [1.54, 1.807) is 0 Å². The number of hydrogen-bond donors (Lipinski definition) is 1. The Balaban J connectivity index is 2.30. The zero-order chi connectivity index (χ0) is 15.6. The van der Waals surface area contributed by atoms with Crippen molar-refractivity contribution in [2.75, 3.05) is 0 Å². The number of pyridine rings is 1. The summed E-state index contributed by atoms with van der Waals surface area (Å²) in [6.45, 7) is 0. The summed E-state index contributed by atoms with van der Waals surface area (Å²) in [5.74, 6) is -1.15. The van der Waals surface area contributed by atoms with Gasteiger partial charge in [0, 0.05) is 18.2 Å². The maximum atomic E-state index is 10.9. The first-order valence-electron chi connectivity index (χ1n) is 5.40. The van der Waals surface area contributed by atoms with Crippen molar-refractivity contribution in [3.05, 3.63) is 56.2 Å². The average Bonchev–Trinajstić information content (AvgIpc) is 2.40. The van der Waals surface area contributed by atoms with Gasteiger partial charge in [0.1, 0.15) is 10.8 Å². The van der Waals surface area contributed by atoms with E-state index in [0.717, 1.165) is 0 Å². The van der Waals surface area contributed by atoms with E-state index in [0.29, 0.717) is 0 Å². The first kappa shape index (κ1) is 15.0. The van der Waals surface area contributed by atoms with Crippen molar-refractivity contribution in [3.63, 3.8) is 0 Å². The molecule has 0 bridgehead atoms. The Morgan fingerprint density at radius 3 is 2.52 bits per heavy atom. The lowest BCUT2D eigenvalue weighted by Gasteiger charge is -2.06. The molecule has 0 aliphatic rings. The van der Waals surface area contributed by atoms with Crippen molar-refractivity contribution in [3.8, 4) is 11.6 Å². The lowest BCUT2D eigenvalue weighted by atomic mass is 10.3. The summed E-state index contributed by atoms with van der Waals surface area (Å²) in [6.07, 6.45) is 0. The summed E-state index contributed by atoms with van der Waals surface area (Å²) < 4.78 is 5.30. The largest absolute Gasteiger partial charge is 0.476 e. The number of rotatable bonds is 4. The summed E-state index contributed by atoms with van der Waals surface area (Å²) in [4.78, 5) is 24.6. The van der Waals surface area contributed by atoms with Gasteiger partial charge in [-0.3, -0.25) is 10.1 Å². The van der Waals surface area contributed by atoms with Crippen LogP contribution in [0.1, 0.15) is 10.5 Å². The number of nitrogens with zero attached hydrogens (tertiary/aromatic N) is 2. The van der Waals surface area contributed by atoms with Crippen LogP contribution in [0.5, 0.6) is 11.6 Å². The lowest BCUT2D eigenvalue weighted by molar-refractivity contribution is -0.384. The van der Waals surface area contributed by atoms with Gasteiger partial charge in [-0.05, 0) is 12.1 Å². The number of nitro groups is 1. The first-order chi connectivity index (χ1) is 9.88. The van der Waals surface area contributed by atoms with Gasteiger partial charge in [-0.2, -0.15) is 0 Å². The molecule has 0 spiro atoms. The quantitative estimate of drug-likeness (QED) is 0.676. The zero-order valence-electron chi connectivity index (χ0n) is 10.1. The maximum absolute atomic E-state index is 10.9. The maximum Gasteiger partial charge on any atom is 0.356 e. The number of aromatic nitrogens is 1. The van der Waals surface area contributed by atoms with Crippen molar-refractivity contribution in [1.29, 1.82) is 0 Å². The molecule has 108 valence electrons. The van der Waals surface area contributed by atoms with Crippen LogP contribution in [-0.4, -0.2) is 21.0 Å². The molecule has 0 saturated carbocycles. The Bertz CT molecular complexity index is 736. The van der Waals surface area contributed by atoms with Crippen LogP contribution < -0.4 is 4.74 Å². The van der Waals surface area contributed by atoms with Gasteiger partial charge in [0.25, 0.3) is 5.69 Å². The fraction of sp³-hybridized carbons (Fsp3) is 0. The molecular weight excluding hydrogens is 323 g/mol. The van der Waals surface area contributed by atoms with E-state index in [9.17, 15) is 14.9 Å². The third-order valence-electron chi connectivity index (χ3n) is 2.36. The highest BCUT2D eigenvalue weighted by atomic mass is 35.5. The average molecular weight is 329 g/mol. The predicted molar refractivity (Wildman–Crippen MR) is 74.4 cm³/mol. The Labute approximate surface area is 127 Å². The van der Waals surface area contributed by atoms with Crippen LogP contribution in [-0.2, 0) is 0 Å². The van der Waals surface area contributed by atoms with Crippen molar-refractivity contribution in [2.45, 2.75) is 0 Å². The van der Waals surface area contributed by atoms with Crippen LogP contribution in [0.4, 0.5) is 5.69 Å². The molecule has 2 rings (SSSR count). The first-order valence-corrected chi connectivity index (χ1v) is 6.15. The van der Waals surface area contributed by atoms with E-state index in [1.807, 2.05) is 0 Å². The van der Waals surface area contributed by atoms with Crippen molar-refractivity contribution < 1.29 is 19.6 Å². The molecule has 0 aliphatic carbocycles. The Kier molecular flexibility index (Phi) is 4.25. The molecule has 1 aromatic heterocycles. The van der Waals surface area contributed by atoms with Gasteiger partial charge >= 0.3 is 5.97 Å². The normalized spacial score (nSPS) is 10.2. The molecule has 1 heterocycles. The monoisotopic (exact) mass is 328 g/mol. The molecule has 0 radical (unpaired) electrons. The third-order valence-corrected chi connectivity index (χ3v) is 2.97. The number of carboxylic acid groups (broad SMARTS) is 1. The zero-order valence-corrected chi connectivity index (χ0v) is 11.6. The standard InChI is InChI=1S/C12H6Cl2N2O5/c13-7-2-4-10(15-11(7)12(17)18)21-6-1-3-9(16(19)20)8(14)5-6/h1-5H,(H,17,18). The molecule has 7 nitrogen and oxygen atoms in total. The molecule has 1 N–H and O–H groups in total. The Morgan fingerprint density at radius 1 is 1.24 bits per heavy atom. The number of ether oxygens (including phenoxy) is 1. The smallest absolute Gasteiger partial charge is 0.356 e. The van der Waals surface area contributed by atoms with E-state index < -0.39 is 10.9 Å². The van der Waals surface area contributed by atoms with E-state index >= 15 is 0 Å². The van der Waals surface area contributed by atoms with Gasteiger partial charge in [0.15, 0.2) is 5.69 Å². The second kappa shape index (κ2) is 5.94. The lowest BCUT2D eigenvalue weighted by Crippen LogP contribution is -2.02. The number of aromatic carboxylic acids is 1. The summed E-state index contributed by atoms with van der Waals surface area (Å²) in [5.41, 5.74) is -0.624. The number of carbonyl (C=O) groups is 1. The topological polar surface area (TPSA) is 103 Å². The van der Waals surface area contributed by atoms with Gasteiger partial charge < -0.3 is 9.84 Å². The number of carboxylic acids is 1. The molecule has 9 heteroatoms. The van der Waals surface area contributed by atoms with Crippen molar-refractivity contribution in [2.24, 2.45) is 0 Å². The predicted octanol–water partition coefficient (Wildman–Crippen LogP) is 3.79. The van der Waals surface area contributed by atoms with Gasteiger partial charge in [-0.25, -0.2) is 9.78 Å². The van der Waals surface area contributed by atoms with Crippen LogP contribution in [0.3, 0.4) is 0 Å². The molecular formula is C12H6Cl2N2O5. The minimum atomic E-state index is -1.30. The molecule has 0 aliphatic heterocycles. The van der Waals surface area contributed by atoms with Crippen LogP contribution in [0.15, 0.2) is 30.3 Å². The molecule has 2 aromatic rings. The van der Waals surface area contributed by atoms with E-state index in [1.165, 1.54) is 30.3 Å². The Morgan fingerprint density at radius 2 is 1.95 bits per heavy atom. The molecule has 1 aromatic carbocycles. The van der Waals surface area contributed by atoms with Gasteiger partial charge in [0.05, 0.1) is 9.95 Å². The fourth-order valence-corrected chi connectivity index (χ4v) is 1.88. The van der Waals surface area contributed by atoms with E-state index in [4.69, 9.17) is 33.0 Å².